The van der Waals surface area contributed by atoms with Gasteiger partial charge in [0.1, 0.15) is 11.6 Å². The van der Waals surface area contributed by atoms with Crippen molar-refractivity contribution in [2.75, 3.05) is 17.3 Å². The molecule has 0 heterocycles. The molecule has 4 aromatic carbocycles. The van der Waals surface area contributed by atoms with Gasteiger partial charge in [-0.2, -0.15) is 0 Å². The van der Waals surface area contributed by atoms with Gasteiger partial charge < -0.3 is 15.0 Å². The lowest BCUT2D eigenvalue weighted by atomic mass is 10.1. The van der Waals surface area contributed by atoms with E-state index in [-0.39, 0.29) is 24.1 Å². The van der Waals surface area contributed by atoms with E-state index in [0.29, 0.717) is 29.2 Å². The molecule has 0 bridgehead atoms. The average molecular weight is 483 g/mol. The molecule has 4 rings (SSSR count). The maximum Gasteiger partial charge on any atom is 0.258 e. The van der Waals surface area contributed by atoms with E-state index in [1.807, 2.05) is 55.5 Å². The van der Waals surface area contributed by atoms with Gasteiger partial charge in [0.05, 0.1) is 20.1 Å². The van der Waals surface area contributed by atoms with Crippen LogP contribution >= 0.6 is 0 Å². The maximum absolute atomic E-state index is 13.6. The molecule has 0 atom stereocenters. The molecule has 0 aliphatic carbocycles. The fourth-order valence-corrected chi connectivity index (χ4v) is 3.83. The Labute approximate surface area is 210 Å². The van der Waals surface area contributed by atoms with Crippen molar-refractivity contribution < 1.29 is 18.7 Å². The molecule has 5 nitrogen and oxygen atoms in total. The van der Waals surface area contributed by atoms with Gasteiger partial charge in [0.15, 0.2) is 0 Å². The molecule has 36 heavy (non-hydrogen) atoms. The van der Waals surface area contributed by atoms with Crippen molar-refractivity contribution in [1.82, 2.24) is 0 Å². The molecule has 2 amide bonds. The number of methoxy groups -OCH3 is 1. The van der Waals surface area contributed by atoms with Crippen LogP contribution in [0.5, 0.6) is 5.75 Å². The predicted octanol–water partition coefficient (Wildman–Crippen LogP) is 6.17. The zero-order valence-corrected chi connectivity index (χ0v) is 20.2. The van der Waals surface area contributed by atoms with Crippen LogP contribution in [0, 0.1) is 12.7 Å². The molecule has 0 unspecified atom stereocenters. The zero-order valence-electron chi connectivity index (χ0n) is 20.2. The van der Waals surface area contributed by atoms with Gasteiger partial charge in [0.2, 0.25) is 5.91 Å². The van der Waals surface area contributed by atoms with Gasteiger partial charge in [-0.3, -0.25) is 9.59 Å². The number of aryl methyl sites for hydroxylation is 1. The smallest absolute Gasteiger partial charge is 0.258 e. The monoisotopic (exact) mass is 482 g/mol. The highest BCUT2D eigenvalue weighted by molar-refractivity contribution is 6.06. The van der Waals surface area contributed by atoms with E-state index in [1.165, 1.54) is 24.3 Å². The van der Waals surface area contributed by atoms with Crippen molar-refractivity contribution in [1.29, 1.82) is 0 Å². The Morgan fingerprint density at radius 1 is 0.861 bits per heavy atom. The van der Waals surface area contributed by atoms with E-state index in [0.717, 1.165) is 16.7 Å². The molecule has 4 aromatic rings. The summed E-state index contributed by atoms with van der Waals surface area (Å²) in [4.78, 5) is 27.9. The minimum atomic E-state index is -0.366. The summed E-state index contributed by atoms with van der Waals surface area (Å²) in [6.07, 6.45) is 0.108. The zero-order chi connectivity index (χ0) is 25.5. The minimum Gasteiger partial charge on any atom is -0.497 e. The van der Waals surface area contributed by atoms with Gasteiger partial charge in [-0.05, 0) is 72.6 Å². The Kier molecular flexibility index (Phi) is 7.75. The minimum absolute atomic E-state index is 0.108. The molecule has 0 saturated heterocycles. The second-order valence-corrected chi connectivity index (χ2v) is 8.51. The number of rotatable bonds is 8. The molecule has 0 fully saturated rings. The van der Waals surface area contributed by atoms with E-state index in [4.69, 9.17) is 4.74 Å². The Morgan fingerprint density at radius 2 is 1.58 bits per heavy atom. The summed E-state index contributed by atoms with van der Waals surface area (Å²) in [6, 6.07) is 28.1. The maximum atomic E-state index is 13.6. The van der Waals surface area contributed by atoms with Crippen LogP contribution in [0.3, 0.4) is 0 Å². The number of carbonyl (C=O) groups excluding carboxylic acids is 2. The highest BCUT2D eigenvalue weighted by Gasteiger charge is 2.20. The number of benzene rings is 4. The number of carbonyl (C=O) groups is 2. The molecule has 0 aliphatic heterocycles. The first-order valence-electron chi connectivity index (χ1n) is 11.6. The number of nitrogens with one attached hydrogen (secondary N) is 1. The Morgan fingerprint density at radius 3 is 2.31 bits per heavy atom. The number of hydrogen-bond acceptors (Lipinski definition) is 3. The van der Waals surface area contributed by atoms with Gasteiger partial charge in [-0.15, -0.1) is 0 Å². The predicted molar refractivity (Wildman–Crippen MR) is 140 cm³/mol. The van der Waals surface area contributed by atoms with Crippen LogP contribution < -0.4 is 15.0 Å². The fourth-order valence-electron chi connectivity index (χ4n) is 3.83. The fraction of sp³-hybridized carbons (Fsp3) is 0.133. The molecular formula is C30H27FN2O3. The Balaban J connectivity index is 1.60. The molecule has 0 saturated carbocycles. The average Bonchev–Trinajstić information content (AvgIpc) is 2.89. The highest BCUT2D eigenvalue weighted by atomic mass is 19.1. The first-order chi connectivity index (χ1) is 17.4. The van der Waals surface area contributed by atoms with E-state index < -0.39 is 0 Å². The quantitative estimate of drug-likeness (QED) is 0.327. The lowest BCUT2D eigenvalue weighted by Gasteiger charge is -2.24. The van der Waals surface area contributed by atoms with Crippen molar-refractivity contribution in [2.45, 2.75) is 19.9 Å². The summed E-state index contributed by atoms with van der Waals surface area (Å²) in [5.41, 5.74) is 4.57. The third kappa shape index (κ3) is 6.36. The van der Waals surface area contributed by atoms with Crippen molar-refractivity contribution in [3.63, 3.8) is 0 Å². The van der Waals surface area contributed by atoms with E-state index in [2.05, 4.69) is 5.32 Å². The van der Waals surface area contributed by atoms with Gasteiger partial charge in [0.25, 0.3) is 5.91 Å². The summed E-state index contributed by atoms with van der Waals surface area (Å²) in [5.74, 6) is -0.178. The van der Waals surface area contributed by atoms with Crippen LogP contribution in [0.25, 0.3) is 0 Å². The molecular weight excluding hydrogens is 455 g/mol. The van der Waals surface area contributed by atoms with E-state index >= 15 is 0 Å². The summed E-state index contributed by atoms with van der Waals surface area (Å²) in [5, 5.41) is 2.77. The van der Waals surface area contributed by atoms with Crippen molar-refractivity contribution in [3.8, 4) is 5.75 Å². The summed E-state index contributed by atoms with van der Waals surface area (Å²) in [6.45, 7) is 2.38. The SMILES string of the molecule is COc1cccc(C(=O)N(Cc2ccc(C)cc2)c2cccc(CC(=O)Nc3ccc(F)cc3)c2)c1. The van der Waals surface area contributed by atoms with Crippen LogP contribution in [0.2, 0.25) is 0 Å². The first kappa shape index (κ1) is 24.7. The summed E-state index contributed by atoms with van der Waals surface area (Å²) in [7, 11) is 1.56. The molecule has 6 heteroatoms. The summed E-state index contributed by atoms with van der Waals surface area (Å²) >= 11 is 0. The molecule has 0 aliphatic rings. The second kappa shape index (κ2) is 11.3. The van der Waals surface area contributed by atoms with Crippen molar-refractivity contribution in [3.05, 3.63) is 125 Å². The van der Waals surface area contributed by atoms with Gasteiger partial charge in [-0.25, -0.2) is 4.39 Å². The van der Waals surface area contributed by atoms with Crippen molar-refractivity contribution in [2.24, 2.45) is 0 Å². The van der Waals surface area contributed by atoms with E-state index in [1.54, 1.807) is 36.3 Å². The van der Waals surface area contributed by atoms with Gasteiger partial charge in [-0.1, -0.05) is 48.0 Å². The lowest BCUT2D eigenvalue weighted by molar-refractivity contribution is -0.115. The first-order valence-corrected chi connectivity index (χ1v) is 11.6. The topological polar surface area (TPSA) is 58.6 Å². The Hall–Kier alpha value is -4.45. The lowest BCUT2D eigenvalue weighted by Crippen LogP contribution is -2.30. The molecule has 0 spiro atoms. The number of amides is 2. The van der Waals surface area contributed by atoms with Crippen LogP contribution in [-0.2, 0) is 17.8 Å². The van der Waals surface area contributed by atoms with Gasteiger partial charge in [0, 0.05) is 16.9 Å². The Bertz CT molecular complexity index is 1350. The number of halogens is 1. The third-order valence-electron chi connectivity index (χ3n) is 5.74. The number of hydrogen-bond donors (Lipinski definition) is 1. The van der Waals surface area contributed by atoms with Crippen LogP contribution in [0.1, 0.15) is 27.0 Å². The second-order valence-electron chi connectivity index (χ2n) is 8.51. The third-order valence-corrected chi connectivity index (χ3v) is 5.74. The van der Waals surface area contributed by atoms with E-state index in [9.17, 15) is 14.0 Å². The molecule has 1 N–H and O–H groups in total. The van der Waals surface area contributed by atoms with Crippen LogP contribution in [0.15, 0.2) is 97.1 Å². The van der Waals surface area contributed by atoms with Gasteiger partial charge >= 0.3 is 0 Å². The summed E-state index contributed by atoms with van der Waals surface area (Å²) < 4.78 is 18.4. The van der Waals surface area contributed by atoms with Crippen LogP contribution in [0.4, 0.5) is 15.8 Å². The number of nitrogens with zero attached hydrogens (tertiary/aromatic N) is 1. The van der Waals surface area contributed by atoms with Crippen LogP contribution in [-0.4, -0.2) is 18.9 Å². The molecule has 0 radical (unpaired) electrons. The highest BCUT2D eigenvalue weighted by Crippen LogP contribution is 2.24. The molecule has 182 valence electrons. The molecule has 0 aromatic heterocycles. The van der Waals surface area contributed by atoms with Crippen molar-refractivity contribution >= 4 is 23.2 Å². The number of ether oxygens (including phenoxy) is 1. The largest absolute Gasteiger partial charge is 0.497 e. The normalized spacial score (nSPS) is 10.5. The standard InChI is InChI=1S/C30H27FN2O3/c1-21-9-11-22(12-10-21)20-33(30(35)24-6-4-8-28(19-24)36-2)27-7-3-5-23(17-27)18-29(34)32-26-15-13-25(31)14-16-26/h3-17,19H,18,20H2,1-2H3,(H,32,34). The number of anilines is 2.